The summed E-state index contributed by atoms with van der Waals surface area (Å²) in [5.41, 5.74) is 1.13. The Labute approximate surface area is 136 Å². The number of carbonyl (C=O) groups excluding carboxylic acids is 1. The lowest BCUT2D eigenvalue weighted by Gasteiger charge is -2.28. The van der Waals surface area contributed by atoms with E-state index in [4.69, 9.17) is 5.11 Å². The highest BCUT2D eigenvalue weighted by molar-refractivity contribution is 7.80. The Hall–Kier alpha value is -1.49. The Bertz CT molecular complexity index is 498. The van der Waals surface area contributed by atoms with Crippen LogP contribution in [0.25, 0.3) is 0 Å². The average molecular weight is 321 g/mol. The molecule has 1 atom stereocenters. The van der Waals surface area contributed by atoms with Crippen molar-refractivity contribution in [2.75, 3.05) is 5.75 Å². The third-order valence-corrected chi connectivity index (χ3v) is 4.78. The number of carboxylic acids is 1. The second-order valence-corrected chi connectivity index (χ2v) is 6.33. The van der Waals surface area contributed by atoms with E-state index in [1.807, 2.05) is 30.3 Å². The number of aliphatic carboxylic acids is 1. The van der Waals surface area contributed by atoms with Crippen LogP contribution < -0.4 is 5.32 Å². The highest BCUT2D eigenvalue weighted by Gasteiger charge is 2.28. The summed E-state index contributed by atoms with van der Waals surface area (Å²) in [6.45, 7) is 0. The Balaban J connectivity index is 1.84. The van der Waals surface area contributed by atoms with Gasteiger partial charge in [0.05, 0.1) is 11.8 Å². The minimum absolute atomic E-state index is 0.0256. The summed E-state index contributed by atoms with van der Waals surface area (Å²) >= 11 is 4.31. The number of rotatable bonds is 6. The second kappa shape index (κ2) is 8.22. The molecule has 1 amide bonds. The van der Waals surface area contributed by atoms with Crippen LogP contribution in [-0.4, -0.2) is 28.8 Å². The van der Waals surface area contributed by atoms with Gasteiger partial charge in [-0.05, 0) is 37.7 Å². The summed E-state index contributed by atoms with van der Waals surface area (Å²) in [4.78, 5) is 23.3. The predicted molar refractivity (Wildman–Crippen MR) is 89.0 cm³/mol. The maximum absolute atomic E-state index is 12.4. The molecule has 1 aromatic carbocycles. The number of amides is 1. The highest BCUT2D eigenvalue weighted by Crippen LogP contribution is 2.24. The standard InChI is InChI=1S/C17H23NO3S/c19-16(14(11-22)10-12-4-2-1-3-5-12)18-15-8-6-13(7-9-15)17(20)21/h1-5,13-15,22H,6-11H2,(H,18,19)(H,20,21)/t13-,14?,15+. The maximum atomic E-state index is 12.4. The van der Waals surface area contributed by atoms with Crippen molar-refractivity contribution in [3.63, 3.8) is 0 Å². The fraction of sp³-hybridized carbons (Fsp3) is 0.529. The lowest BCUT2D eigenvalue weighted by molar-refractivity contribution is -0.142. The first kappa shape index (κ1) is 16.9. The van der Waals surface area contributed by atoms with Gasteiger partial charge < -0.3 is 10.4 Å². The van der Waals surface area contributed by atoms with Crippen molar-refractivity contribution in [2.24, 2.45) is 11.8 Å². The molecule has 0 aliphatic heterocycles. The van der Waals surface area contributed by atoms with Gasteiger partial charge >= 0.3 is 5.97 Å². The van der Waals surface area contributed by atoms with Crippen molar-refractivity contribution in [2.45, 2.75) is 38.1 Å². The zero-order valence-electron chi connectivity index (χ0n) is 12.6. The van der Waals surface area contributed by atoms with Gasteiger partial charge in [0, 0.05) is 11.8 Å². The molecule has 0 aromatic heterocycles. The molecule has 0 heterocycles. The van der Waals surface area contributed by atoms with Gasteiger partial charge in [-0.2, -0.15) is 12.6 Å². The molecule has 0 radical (unpaired) electrons. The number of nitrogens with one attached hydrogen (secondary N) is 1. The molecule has 0 spiro atoms. The monoisotopic (exact) mass is 321 g/mol. The van der Waals surface area contributed by atoms with E-state index in [1.54, 1.807) is 0 Å². The first-order valence-corrected chi connectivity index (χ1v) is 8.41. The van der Waals surface area contributed by atoms with E-state index in [0.717, 1.165) is 18.4 Å². The fourth-order valence-electron chi connectivity index (χ4n) is 2.94. The molecular formula is C17H23NO3S. The molecule has 0 saturated heterocycles. The topological polar surface area (TPSA) is 66.4 Å². The predicted octanol–water partition coefficient (Wildman–Crippen LogP) is 2.53. The maximum Gasteiger partial charge on any atom is 0.306 e. The van der Waals surface area contributed by atoms with Crippen molar-refractivity contribution in [1.29, 1.82) is 0 Å². The van der Waals surface area contributed by atoms with Gasteiger partial charge in [0.25, 0.3) is 0 Å². The lowest BCUT2D eigenvalue weighted by atomic mass is 9.86. The molecule has 1 fully saturated rings. The summed E-state index contributed by atoms with van der Waals surface area (Å²) < 4.78 is 0. The van der Waals surface area contributed by atoms with Gasteiger partial charge in [0.2, 0.25) is 5.91 Å². The minimum atomic E-state index is -0.720. The van der Waals surface area contributed by atoms with Crippen LogP contribution in [0.1, 0.15) is 31.2 Å². The van der Waals surface area contributed by atoms with Gasteiger partial charge in [-0.15, -0.1) is 0 Å². The van der Waals surface area contributed by atoms with Gasteiger partial charge in [0.1, 0.15) is 0 Å². The van der Waals surface area contributed by atoms with Gasteiger partial charge in [-0.25, -0.2) is 0 Å². The van der Waals surface area contributed by atoms with Gasteiger partial charge in [0.15, 0.2) is 0 Å². The molecular weight excluding hydrogens is 298 g/mol. The largest absolute Gasteiger partial charge is 0.481 e. The van der Waals surface area contributed by atoms with E-state index < -0.39 is 5.97 Å². The average Bonchev–Trinajstić information content (AvgIpc) is 2.54. The molecule has 1 saturated carbocycles. The molecule has 0 bridgehead atoms. The van der Waals surface area contributed by atoms with Crippen LogP contribution in [0.2, 0.25) is 0 Å². The molecule has 1 unspecified atom stereocenters. The zero-order chi connectivity index (χ0) is 15.9. The van der Waals surface area contributed by atoms with Gasteiger partial charge in [-0.1, -0.05) is 30.3 Å². The summed E-state index contributed by atoms with van der Waals surface area (Å²) in [5, 5.41) is 12.1. The number of thiol groups is 1. The highest BCUT2D eigenvalue weighted by atomic mass is 32.1. The van der Waals surface area contributed by atoms with Crippen LogP contribution in [0.5, 0.6) is 0 Å². The molecule has 1 aromatic rings. The fourth-order valence-corrected chi connectivity index (χ4v) is 3.24. The molecule has 120 valence electrons. The Morgan fingerprint density at radius 1 is 1.18 bits per heavy atom. The van der Waals surface area contributed by atoms with E-state index in [1.165, 1.54) is 0 Å². The van der Waals surface area contributed by atoms with Crippen LogP contribution in [0.4, 0.5) is 0 Å². The second-order valence-electron chi connectivity index (χ2n) is 5.96. The van der Waals surface area contributed by atoms with Crippen molar-refractivity contribution < 1.29 is 14.7 Å². The summed E-state index contributed by atoms with van der Waals surface area (Å²) in [6.07, 6.45) is 3.45. The molecule has 2 N–H and O–H groups in total. The Morgan fingerprint density at radius 3 is 2.36 bits per heavy atom. The molecule has 2 rings (SSSR count). The molecule has 1 aliphatic carbocycles. The SMILES string of the molecule is O=C(N[C@H]1CC[C@@H](C(=O)O)CC1)C(CS)Cc1ccccc1. The quantitative estimate of drug-likeness (QED) is 0.705. The normalized spacial score (nSPS) is 22.8. The number of benzene rings is 1. The third-order valence-electron chi connectivity index (χ3n) is 4.34. The van der Waals surface area contributed by atoms with E-state index in [-0.39, 0.29) is 23.8 Å². The van der Waals surface area contributed by atoms with Crippen LogP contribution in [0.3, 0.4) is 0 Å². The Kier molecular flexibility index (Phi) is 6.31. The van der Waals surface area contributed by atoms with Crippen LogP contribution in [0, 0.1) is 11.8 Å². The van der Waals surface area contributed by atoms with E-state index >= 15 is 0 Å². The molecule has 5 heteroatoms. The van der Waals surface area contributed by atoms with Crippen LogP contribution in [-0.2, 0) is 16.0 Å². The molecule has 22 heavy (non-hydrogen) atoms. The number of carbonyl (C=O) groups is 2. The molecule has 1 aliphatic rings. The zero-order valence-corrected chi connectivity index (χ0v) is 13.5. The summed E-state index contributed by atoms with van der Waals surface area (Å²) in [6, 6.07) is 10.0. The van der Waals surface area contributed by atoms with Crippen molar-refractivity contribution in [3.8, 4) is 0 Å². The van der Waals surface area contributed by atoms with Crippen molar-refractivity contribution in [1.82, 2.24) is 5.32 Å². The number of carboxylic acid groups (broad SMARTS) is 1. The molecule has 4 nitrogen and oxygen atoms in total. The summed E-state index contributed by atoms with van der Waals surface area (Å²) in [7, 11) is 0. The summed E-state index contributed by atoms with van der Waals surface area (Å²) in [5.74, 6) is -0.591. The van der Waals surface area contributed by atoms with Crippen molar-refractivity contribution in [3.05, 3.63) is 35.9 Å². The first-order valence-electron chi connectivity index (χ1n) is 7.78. The van der Waals surface area contributed by atoms with E-state index in [2.05, 4.69) is 17.9 Å². The van der Waals surface area contributed by atoms with Crippen LogP contribution >= 0.6 is 12.6 Å². The smallest absolute Gasteiger partial charge is 0.306 e. The van der Waals surface area contributed by atoms with Crippen molar-refractivity contribution >= 4 is 24.5 Å². The van der Waals surface area contributed by atoms with E-state index in [9.17, 15) is 9.59 Å². The third kappa shape index (κ3) is 4.77. The first-order chi connectivity index (χ1) is 10.6. The van der Waals surface area contributed by atoms with Gasteiger partial charge in [-0.3, -0.25) is 9.59 Å². The Morgan fingerprint density at radius 2 is 1.82 bits per heavy atom. The number of hydrogen-bond donors (Lipinski definition) is 3. The van der Waals surface area contributed by atoms with Crippen LogP contribution in [0.15, 0.2) is 30.3 Å². The lowest BCUT2D eigenvalue weighted by Crippen LogP contribution is -2.42. The minimum Gasteiger partial charge on any atom is -0.481 e. The number of hydrogen-bond acceptors (Lipinski definition) is 3. The van der Waals surface area contributed by atoms with E-state index in [0.29, 0.717) is 25.0 Å².